The largest absolute Gasteiger partial charge is 0.497 e. The molecule has 0 fully saturated rings. The van der Waals surface area contributed by atoms with Crippen LogP contribution in [0.2, 0.25) is 0 Å². The predicted octanol–water partition coefficient (Wildman–Crippen LogP) is 4.52. The van der Waals surface area contributed by atoms with Crippen molar-refractivity contribution in [2.45, 2.75) is 19.4 Å². The van der Waals surface area contributed by atoms with Crippen LogP contribution in [0.5, 0.6) is 5.75 Å². The number of methoxy groups -OCH3 is 1. The van der Waals surface area contributed by atoms with Crippen LogP contribution in [0.4, 0.5) is 8.78 Å². The Morgan fingerprint density at radius 1 is 1.19 bits per heavy atom. The molecule has 0 saturated heterocycles. The molecule has 0 radical (unpaired) electrons. The zero-order chi connectivity index (χ0) is 19.4. The normalized spacial score (nSPS) is 11.9. The average molecular weight is 388 g/mol. The number of halogens is 2. The van der Waals surface area contributed by atoms with Crippen LogP contribution in [-0.4, -0.2) is 18.0 Å². The van der Waals surface area contributed by atoms with Crippen molar-refractivity contribution in [3.8, 4) is 16.3 Å². The molecule has 1 heterocycles. The summed E-state index contributed by atoms with van der Waals surface area (Å²) >= 11 is 1.45. The van der Waals surface area contributed by atoms with E-state index in [-0.39, 0.29) is 12.3 Å². The summed E-state index contributed by atoms with van der Waals surface area (Å²) in [4.78, 5) is 16.7. The van der Waals surface area contributed by atoms with Gasteiger partial charge in [0.2, 0.25) is 5.91 Å². The minimum absolute atomic E-state index is 0.112. The smallest absolute Gasteiger partial charge is 0.226 e. The summed E-state index contributed by atoms with van der Waals surface area (Å²) in [5.74, 6) is -1.32. The van der Waals surface area contributed by atoms with Crippen LogP contribution in [0, 0.1) is 11.6 Å². The number of carbonyl (C=O) groups is 1. The third-order valence-electron chi connectivity index (χ3n) is 4.05. The van der Waals surface area contributed by atoms with Crippen LogP contribution in [0.25, 0.3) is 10.6 Å². The Morgan fingerprint density at radius 3 is 2.59 bits per heavy atom. The summed E-state index contributed by atoms with van der Waals surface area (Å²) in [5.41, 5.74) is 2.10. The molecule has 1 amide bonds. The van der Waals surface area contributed by atoms with Gasteiger partial charge in [0.15, 0.2) is 11.6 Å². The maximum absolute atomic E-state index is 13.3. The number of carbonyl (C=O) groups excluding carboxylic acids is 1. The number of hydrogen-bond donors (Lipinski definition) is 1. The molecule has 2 aromatic carbocycles. The maximum Gasteiger partial charge on any atom is 0.226 e. The van der Waals surface area contributed by atoms with E-state index in [9.17, 15) is 13.6 Å². The van der Waals surface area contributed by atoms with Crippen molar-refractivity contribution in [2.75, 3.05) is 7.11 Å². The molecule has 0 aliphatic carbocycles. The van der Waals surface area contributed by atoms with E-state index in [1.54, 1.807) is 14.0 Å². The molecule has 4 nitrogen and oxygen atoms in total. The lowest BCUT2D eigenvalue weighted by molar-refractivity contribution is -0.121. The van der Waals surface area contributed by atoms with Crippen LogP contribution < -0.4 is 10.1 Å². The van der Waals surface area contributed by atoms with Crippen molar-refractivity contribution >= 4 is 17.2 Å². The lowest BCUT2D eigenvalue weighted by atomic mass is 10.1. The first kappa shape index (κ1) is 19.0. The maximum atomic E-state index is 13.3. The molecule has 1 N–H and O–H groups in total. The molecule has 0 bridgehead atoms. The number of nitrogens with zero attached hydrogens (tertiary/aromatic N) is 1. The van der Waals surface area contributed by atoms with E-state index in [1.165, 1.54) is 17.4 Å². The molecule has 0 aliphatic heterocycles. The monoisotopic (exact) mass is 388 g/mol. The number of ether oxygens (including phenoxy) is 1. The zero-order valence-electron chi connectivity index (χ0n) is 14.8. The van der Waals surface area contributed by atoms with Crippen LogP contribution >= 0.6 is 11.3 Å². The van der Waals surface area contributed by atoms with Crippen molar-refractivity contribution in [1.82, 2.24) is 10.3 Å². The second-order valence-corrected chi connectivity index (χ2v) is 6.87. The number of rotatable bonds is 6. The molecule has 7 heteroatoms. The van der Waals surface area contributed by atoms with E-state index >= 15 is 0 Å². The Hall–Kier alpha value is -2.80. The van der Waals surface area contributed by atoms with Gasteiger partial charge in [-0.3, -0.25) is 4.79 Å². The van der Waals surface area contributed by atoms with Gasteiger partial charge in [-0.2, -0.15) is 0 Å². The molecule has 1 aromatic heterocycles. The molecule has 3 rings (SSSR count). The van der Waals surface area contributed by atoms with Crippen LogP contribution in [-0.2, 0) is 11.2 Å². The average Bonchev–Trinajstić information content (AvgIpc) is 3.12. The standard InChI is InChI=1S/C20H18F2N2O2S/c1-12(14-5-8-17(21)18(22)9-14)23-19(25)10-15-11-27-20(24-15)13-3-6-16(26-2)7-4-13/h3-9,11-12H,10H2,1-2H3,(H,23,25)/t12-/m1/s1. The van der Waals surface area contributed by atoms with Gasteiger partial charge in [0.1, 0.15) is 10.8 Å². The molecule has 140 valence electrons. The highest BCUT2D eigenvalue weighted by Crippen LogP contribution is 2.26. The predicted molar refractivity (Wildman–Crippen MR) is 101 cm³/mol. The lowest BCUT2D eigenvalue weighted by Gasteiger charge is -2.14. The number of amides is 1. The summed E-state index contributed by atoms with van der Waals surface area (Å²) in [7, 11) is 1.61. The number of benzene rings is 2. The fourth-order valence-corrected chi connectivity index (χ4v) is 3.40. The number of aromatic nitrogens is 1. The molecule has 3 aromatic rings. The second kappa shape index (κ2) is 8.26. The van der Waals surface area contributed by atoms with Gasteiger partial charge in [0, 0.05) is 10.9 Å². The molecule has 1 atom stereocenters. The highest BCUT2D eigenvalue weighted by molar-refractivity contribution is 7.13. The van der Waals surface area contributed by atoms with Crippen LogP contribution in [0.3, 0.4) is 0 Å². The van der Waals surface area contributed by atoms with Gasteiger partial charge in [0.25, 0.3) is 0 Å². The van der Waals surface area contributed by atoms with Gasteiger partial charge in [0.05, 0.1) is 25.3 Å². The van der Waals surface area contributed by atoms with E-state index in [2.05, 4.69) is 10.3 Å². The van der Waals surface area contributed by atoms with E-state index in [4.69, 9.17) is 4.74 Å². The fourth-order valence-electron chi connectivity index (χ4n) is 2.58. The minimum atomic E-state index is -0.933. The highest BCUT2D eigenvalue weighted by Gasteiger charge is 2.14. The Labute approximate surface area is 159 Å². The quantitative estimate of drug-likeness (QED) is 0.676. The molecule has 0 unspecified atom stereocenters. The third kappa shape index (κ3) is 4.68. The Bertz CT molecular complexity index is 941. The van der Waals surface area contributed by atoms with E-state index in [0.29, 0.717) is 11.3 Å². The molecule has 27 heavy (non-hydrogen) atoms. The van der Waals surface area contributed by atoms with Gasteiger partial charge in [-0.05, 0) is 48.9 Å². The Morgan fingerprint density at radius 2 is 1.93 bits per heavy atom. The molecular weight excluding hydrogens is 370 g/mol. The van der Waals surface area contributed by atoms with Gasteiger partial charge in [-0.1, -0.05) is 6.07 Å². The van der Waals surface area contributed by atoms with Crippen LogP contribution in [0.1, 0.15) is 24.2 Å². The summed E-state index contributed by atoms with van der Waals surface area (Å²) in [6.45, 7) is 1.72. The first-order chi connectivity index (χ1) is 13.0. The van der Waals surface area contributed by atoms with Crippen molar-refractivity contribution in [1.29, 1.82) is 0 Å². The van der Waals surface area contributed by atoms with Gasteiger partial charge < -0.3 is 10.1 Å². The molecule has 0 aliphatic rings. The van der Waals surface area contributed by atoms with E-state index < -0.39 is 17.7 Å². The Balaban J connectivity index is 1.62. The van der Waals surface area contributed by atoms with Gasteiger partial charge in [-0.15, -0.1) is 11.3 Å². The number of thiazole rings is 1. The van der Waals surface area contributed by atoms with E-state index in [1.807, 2.05) is 29.6 Å². The topological polar surface area (TPSA) is 51.2 Å². The second-order valence-electron chi connectivity index (χ2n) is 6.01. The van der Waals surface area contributed by atoms with Crippen molar-refractivity contribution in [3.05, 3.63) is 70.7 Å². The van der Waals surface area contributed by atoms with Crippen molar-refractivity contribution in [3.63, 3.8) is 0 Å². The summed E-state index contributed by atoms with van der Waals surface area (Å²) in [6, 6.07) is 10.7. The first-order valence-electron chi connectivity index (χ1n) is 8.29. The highest BCUT2D eigenvalue weighted by atomic mass is 32.1. The van der Waals surface area contributed by atoms with Gasteiger partial charge >= 0.3 is 0 Å². The number of hydrogen-bond acceptors (Lipinski definition) is 4. The summed E-state index contributed by atoms with van der Waals surface area (Å²) < 4.78 is 31.5. The lowest BCUT2D eigenvalue weighted by Crippen LogP contribution is -2.28. The number of nitrogens with one attached hydrogen (secondary N) is 1. The van der Waals surface area contributed by atoms with Crippen molar-refractivity contribution < 1.29 is 18.3 Å². The fraction of sp³-hybridized carbons (Fsp3) is 0.200. The molecule has 0 spiro atoms. The molecular formula is C20H18F2N2O2S. The summed E-state index contributed by atoms with van der Waals surface area (Å²) in [6.07, 6.45) is 0.112. The SMILES string of the molecule is COc1ccc(-c2nc(CC(=O)N[C@H](C)c3ccc(F)c(F)c3)cs2)cc1. The molecule has 0 saturated carbocycles. The Kier molecular flexibility index (Phi) is 5.81. The van der Waals surface area contributed by atoms with Gasteiger partial charge in [-0.25, -0.2) is 13.8 Å². The third-order valence-corrected chi connectivity index (χ3v) is 4.99. The van der Waals surface area contributed by atoms with Crippen molar-refractivity contribution in [2.24, 2.45) is 0 Å². The van der Waals surface area contributed by atoms with Crippen LogP contribution in [0.15, 0.2) is 47.8 Å². The summed E-state index contributed by atoms with van der Waals surface area (Å²) in [5, 5.41) is 5.42. The van der Waals surface area contributed by atoms with E-state index in [0.717, 1.165) is 28.5 Å². The zero-order valence-corrected chi connectivity index (χ0v) is 15.6. The first-order valence-corrected chi connectivity index (χ1v) is 9.17. The minimum Gasteiger partial charge on any atom is -0.497 e.